The maximum Gasteiger partial charge on any atom is 0.221 e. The predicted octanol–water partition coefficient (Wildman–Crippen LogP) is 2.30. The van der Waals surface area contributed by atoms with Crippen LogP contribution in [-0.2, 0) is 4.79 Å². The van der Waals surface area contributed by atoms with Gasteiger partial charge in [0, 0.05) is 12.5 Å². The zero-order valence-electron chi connectivity index (χ0n) is 12.7. The summed E-state index contributed by atoms with van der Waals surface area (Å²) in [4.78, 5) is 12.7. The van der Waals surface area contributed by atoms with Gasteiger partial charge in [0.15, 0.2) is 0 Å². The second-order valence-electron chi connectivity index (χ2n) is 4.83. The lowest BCUT2D eigenvalue weighted by Crippen LogP contribution is -2.07. The van der Waals surface area contributed by atoms with Crippen LogP contribution in [0.3, 0.4) is 0 Å². The number of hydrogen-bond acceptors (Lipinski definition) is 5. The van der Waals surface area contributed by atoms with Crippen molar-refractivity contribution in [1.82, 2.24) is 20.2 Å². The van der Waals surface area contributed by atoms with E-state index in [4.69, 9.17) is 4.74 Å². The standard InChI is InChI=1S/C16H15N5O2/c1-11(22)17-15-6-4-3-5-14(15)16-18-20-21(19-16)12-7-9-13(23-2)10-8-12/h3-10H,1-2H3,(H,17,22). The van der Waals surface area contributed by atoms with Gasteiger partial charge in [-0.1, -0.05) is 12.1 Å². The topological polar surface area (TPSA) is 81.9 Å². The minimum atomic E-state index is -0.153. The minimum absolute atomic E-state index is 0.153. The molecule has 0 saturated heterocycles. The molecule has 3 aromatic rings. The van der Waals surface area contributed by atoms with Gasteiger partial charge in [-0.25, -0.2) is 0 Å². The molecule has 0 aliphatic carbocycles. The molecule has 7 nitrogen and oxygen atoms in total. The van der Waals surface area contributed by atoms with E-state index in [1.165, 1.54) is 11.7 Å². The molecule has 1 N–H and O–H groups in total. The number of nitrogens with one attached hydrogen (secondary N) is 1. The molecule has 0 radical (unpaired) electrons. The fourth-order valence-corrected chi connectivity index (χ4v) is 2.12. The summed E-state index contributed by atoms with van der Waals surface area (Å²) < 4.78 is 5.13. The van der Waals surface area contributed by atoms with Gasteiger partial charge in [0.05, 0.1) is 18.5 Å². The molecule has 0 saturated carbocycles. The average molecular weight is 309 g/mol. The number of aromatic nitrogens is 4. The number of para-hydroxylation sites is 1. The van der Waals surface area contributed by atoms with Crippen molar-refractivity contribution in [1.29, 1.82) is 0 Å². The minimum Gasteiger partial charge on any atom is -0.497 e. The van der Waals surface area contributed by atoms with Crippen LogP contribution in [0.25, 0.3) is 17.1 Å². The number of rotatable bonds is 4. The summed E-state index contributed by atoms with van der Waals surface area (Å²) in [5.41, 5.74) is 2.12. The Bertz CT molecular complexity index is 826. The van der Waals surface area contributed by atoms with Crippen molar-refractivity contribution >= 4 is 11.6 Å². The van der Waals surface area contributed by atoms with E-state index in [1.54, 1.807) is 13.2 Å². The number of tetrazole rings is 1. The third kappa shape index (κ3) is 3.18. The number of carbonyl (C=O) groups is 1. The van der Waals surface area contributed by atoms with Crippen LogP contribution in [0.5, 0.6) is 5.75 Å². The van der Waals surface area contributed by atoms with E-state index in [2.05, 4.69) is 20.7 Å². The molecule has 1 aromatic heterocycles. The molecule has 23 heavy (non-hydrogen) atoms. The summed E-state index contributed by atoms with van der Waals surface area (Å²) in [6.07, 6.45) is 0. The van der Waals surface area contributed by atoms with Crippen molar-refractivity contribution in [3.63, 3.8) is 0 Å². The van der Waals surface area contributed by atoms with Gasteiger partial charge in [0.25, 0.3) is 0 Å². The van der Waals surface area contributed by atoms with E-state index in [-0.39, 0.29) is 5.91 Å². The van der Waals surface area contributed by atoms with Crippen LogP contribution in [0.4, 0.5) is 5.69 Å². The van der Waals surface area contributed by atoms with Gasteiger partial charge in [0.2, 0.25) is 11.7 Å². The van der Waals surface area contributed by atoms with Gasteiger partial charge in [-0.15, -0.1) is 15.0 Å². The number of carbonyl (C=O) groups excluding carboxylic acids is 1. The molecule has 0 unspecified atom stereocenters. The first-order valence-electron chi connectivity index (χ1n) is 6.99. The van der Waals surface area contributed by atoms with Gasteiger partial charge in [-0.2, -0.15) is 0 Å². The van der Waals surface area contributed by atoms with Crippen molar-refractivity contribution in [2.75, 3.05) is 12.4 Å². The lowest BCUT2D eigenvalue weighted by Gasteiger charge is -2.06. The highest BCUT2D eigenvalue weighted by molar-refractivity contribution is 5.93. The Morgan fingerprint density at radius 1 is 1.13 bits per heavy atom. The first-order chi connectivity index (χ1) is 11.2. The highest BCUT2D eigenvalue weighted by Gasteiger charge is 2.12. The molecule has 1 heterocycles. The van der Waals surface area contributed by atoms with Gasteiger partial charge < -0.3 is 10.1 Å². The largest absolute Gasteiger partial charge is 0.497 e. The fourth-order valence-electron chi connectivity index (χ4n) is 2.12. The van der Waals surface area contributed by atoms with Crippen LogP contribution < -0.4 is 10.1 Å². The van der Waals surface area contributed by atoms with Crippen molar-refractivity contribution in [2.24, 2.45) is 0 Å². The van der Waals surface area contributed by atoms with Crippen LogP contribution in [0.15, 0.2) is 48.5 Å². The Morgan fingerprint density at radius 2 is 1.87 bits per heavy atom. The summed E-state index contributed by atoms with van der Waals surface area (Å²) in [6.45, 7) is 1.46. The molecule has 1 amide bonds. The number of ether oxygens (including phenoxy) is 1. The van der Waals surface area contributed by atoms with E-state index in [0.717, 1.165) is 11.4 Å². The number of hydrogen-bond donors (Lipinski definition) is 1. The third-order valence-corrected chi connectivity index (χ3v) is 3.20. The van der Waals surface area contributed by atoms with Crippen LogP contribution in [0.1, 0.15) is 6.92 Å². The highest BCUT2D eigenvalue weighted by Crippen LogP contribution is 2.24. The van der Waals surface area contributed by atoms with Gasteiger partial charge >= 0.3 is 0 Å². The normalized spacial score (nSPS) is 10.3. The number of nitrogens with zero attached hydrogens (tertiary/aromatic N) is 4. The number of anilines is 1. The smallest absolute Gasteiger partial charge is 0.221 e. The van der Waals surface area contributed by atoms with Crippen molar-refractivity contribution in [2.45, 2.75) is 6.92 Å². The predicted molar refractivity (Wildman–Crippen MR) is 85.4 cm³/mol. The van der Waals surface area contributed by atoms with E-state index < -0.39 is 0 Å². The lowest BCUT2D eigenvalue weighted by atomic mass is 10.1. The molecule has 0 aliphatic heterocycles. The van der Waals surface area contributed by atoms with E-state index in [0.29, 0.717) is 17.1 Å². The first-order valence-corrected chi connectivity index (χ1v) is 6.99. The van der Waals surface area contributed by atoms with Crippen molar-refractivity contribution in [3.8, 4) is 22.8 Å². The van der Waals surface area contributed by atoms with Crippen LogP contribution >= 0.6 is 0 Å². The van der Waals surface area contributed by atoms with Crippen LogP contribution in [-0.4, -0.2) is 33.2 Å². The Kier molecular flexibility index (Phi) is 4.01. The highest BCUT2D eigenvalue weighted by atomic mass is 16.5. The SMILES string of the molecule is COc1ccc(-n2nnc(-c3ccccc3NC(C)=O)n2)cc1. The van der Waals surface area contributed by atoms with Crippen molar-refractivity contribution < 1.29 is 9.53 Å². The second-order valence-corrected chi connectivity index (χ2v) is 4.83. The van der Waals surface area contributed by atoms with Gasteiger partial charge in [-0.3, -0.25) is 4.79 Å². The summed E-state index contributed by atoms with van der Waals surface area (Å²) in [6, 6.07) is 14.6. The molecule has 0 spiro atoms. The molecule has 0 fully saturated rings. The molecule has 7 heteroatoms. The van der Waals surface area contributed by atoms with E-state index in [1.807, 2.05) is 42.5 Å². The molecule has 0 atom stereocenters. The van der Waals surface area contributed by atoms with E-state index in [9.17, 15) is 4.79 Å². The number of benzene rings is 2. The Balaban J connectivity index is 1.94. The third-order valence-electron chi connectivity index (χ3n) is 3.20. The van der Waals surface area contributed by atoms with E-state index >= 15 is 0 Å². The Morgan fingerprint density at radius 3 is 2.57 bits per heavy atom. The maximum atomic E-state index is 11.3. The summed E-state index contributed by atoms with van der Waals surface area (Å²) in [5.74, 6) is 1.04. The molecular formula is C16H15N5O2. The zero-order valence-corrected chi connectivity index (χ0v) is 12.7. The van der Waals surface area contributed by atoms with Crippen LogP contribution in [0, 0.1) is 0 Å². The average Bonchev–Trinajstić information content (AvgIpc) is 3.05. The summed E-state index contributed by atoms with van der Waals surface area (Å²) in [5, 5.41) is 15.3. The second kappa shape index (κ2) is 6.27. The molecule has 3 rings (SSSR count). The fraction of sp³-hybridized carbons (Fsp3) is 0.125. The molecule has 2 aromatic carbocycles. The monoisotopic (exact) mass is 309 g/mol. The van der Waals surface area contributed by atoms with Crippen LogP contribution in [0.2, 0.25) is 0 Å². The Labute approximate surface area is 132 Å². The maximum absolute atomic E-state index is 11.3. The Hall–Kier alpha value is -3.22. The lowest BCUT2D eigenvalue weighted by molar-refractivity contribution is -0.114. The van der Waals surface area contributed by atoms with Gasteiger partial charge in [0.1, 0.15) is 5.75 Å². The van der Waals surface area contributed by atoms with Crippen molar-refractivity contribution in [3.05, 3.63) is 48.5 Å². The summed E-state index contributed by atoms with van der Waals surface area (Å²) >= 11 is 0. The van der Waals surface area contributed by atoms with Gasteiger partial charge in [-0.05, 0) is 41.6 Å². The first kappa shape index (κ1) is 14.7. The molecule has 0 bridgehead atoms. The zero-order chi connectivity index (χ0) is 16.2. The summed E-state index contributed by atoms with van der Waals surface area (Å²) in [7, 11) is 1.61. The number of amides is 1. The quantitative estimate of drug-likeness (QED) is 0.799. The molecule has 0 aliphatic rings. The molecule has 116 valence electrons. The number of methoxy groups -OCH3 is 1. The molecular weight excluding hydrogens is 294 g/mol.